The van der Waals surface area contributed by atoms with Crippen LogP contribution in [-0.4, -0.2) is 6.54 Å². The molecule has 0 aliphatic heterocycles. The lowest BCUT2D eigenvalue weighted by Crippen LogP contribution is -2.23. The fourth-order valence-corrected chi connectivity index (χ4v) is 2.45. The van der Waals surface area contributed by atoms with Crippen molar-refractivity contribution in [2.24, 2.45) is 0 Å². The Balaban J connectivity index is 2.39. The number of benzene rings is 1. The third-order valence-corrected chi connectivity index (χ3v) is 3.81. The molecule has 0 bridgehead atoms. The van der Waals surface area contributed by atoms with Crippen molar-refractivity contribution in [1.82, 2.24) is 5.32 Å². The van der Waals surface area contributed by atoms with Crippen LogP contribution in [0.2, 0.25) is 15.3 Å². The highest BCUT2D eigenvalue weighted by atomic mass is 35.5. The Hall–Kier alpha value is -0.670. The average Bonchev–Trinajstić information content (AvgIpc) is 2.81. The van der Waals surface area contributed by atoms with Gasteiger partial charge in [0.2, 0.25) is 0 Å². The standard InChI is InChI=1S/C14H14Cl3NO/c1-2-8-18-14(11-6-7-12(16)19-11)9-4-3-5-10(15)13(9)17/h3-7,14,18H,2,8H2,1H3. The van der Waals surface area contributed by atoms with Crippen LogP contribution in [0.1, 0.15) is 30.7 Å². The molecule has 1 heterocycles. The molecule has 1 atom stereocenters. The molecule has 0 aliphatic rings. The summed E-state index contributed by atoms with van der Waals surface area (Å²) < 4.78 is 5.49. The molecule has 0 radical (unpaired) electrons. The zero-order valence-corrected chi connectivity index (χ0v) is 12.7. The third kappa shape index (κ3) is 3.46. The Morgan fingerprint density at radius 1 is 1.16 bits per heavy atom. The van der Waals surface area contributed by atoms with E-state index in [4.69, 9.17) is 39.2 Å². The van der Waals surface area contributed by atoms with Crippen LogP contribution in [-0.2, 0) is 0 Å². The molecular weight excluding hydrogens is 305 g/mol. The molecule has 5 heteroatoms. The first-order valence-corrected chi connectivity index (χ1v) is 7.19. The normalized spacial score (nSPS) is 12.6. The van der Waals surface area contributed by atoms with Gasteiger partial charge in [-0.2, -0.15) is 0 Å². The summed E-state index contributed by atoms with van der Waals surface area (Å²) in [6, 6.07) is 8.97. The van der Waals surface area contributed by atoms with Crippen LogP contribution in [0.15, 0.2) is 34.7 Å². The first-order valence-electron chi connectivity index (χ1n) is 6.06. The number of hydrogen-bond acceptors (Lipinski definition) is 2. The second kappa shape index (κ2) is 6.67. The summed E-state index contributed by atoms with van der Waals surface area (Å²) in [4.78, 5) is 0. The molecule has 2 aromatic rings. The maximum absolute atomic E-state index is 6.28. The van der Waals surface area contributed by atoms with Crippen molar-refractivity contribution in [2.75, 3.05) is 6.54 Å². The zero-order valence-electron chi connectivity index (χ0n) is 10.4. The molecular formula is C14H14Cl3NO. The topological polar surface area (TPSA) is 25.2 Å². The van der Waals surface area contributed by atoms with E-state index in [2.05, 4.69) is 12.2 Å². The van der Waals surface area contributed by atoms with Gasteiger partial charge < -0.3 is 9.73 Å². The highest BCUT2D eigenvalue weighted by Crippen LogP contribution is 2.34. The number of nitrogens with one attached hydrogen (secondary N) is 1. The highest BCUT2D eigenvalue weighted by molar-refractivity contribution is 6.42. The number of hydrogen-bond donors (Lipinski definition) is 1. The van der Waals surface area contributed by atoms with Crippen molar-refractivity contribution >= 4 is 34.8 Å². The highest BCUT2D eigenvalue weighted by Gasteiger charge is 2.20. The summed E-state index contributed by atoms with van der Waals surface area (Å²) in [6.45, 7) is 2.94. The molecule has 1 aromatic heterocycles. The van der Waals surface area contributed by atoms with Crippen LogP contribution >= 0.6 is 34.8 Å². The van der Waals surface area contributed by atoms with Crippen molar-refractivity contribution in [3.63, 3.8) is 0 Å². The molecule has 0 saturated carbocycles. The molecule has 19 heavy (non-hydrogen) atoms. The Labute approximate surface area is 127 Å². The SMILES string of the molecule is CCCNC(c1ccc(Cl)o1)c1cccc(Cl)c1Cl. The van der Waals surface area contributed by atoms with Gasteiger partial charge in [-0.3, -0.25) is 0 Å². The summed E-state index contributed by atoms with van der Waals surface area (Å²) >= 11 is 18.2. The summed E-state index contributed by atoms with van der Waals surface area (Å²) in [5.74, 6) is 0.725. The second-order valence-corrected chi connectivity index (χ2v) is 5.33. The van der Waals surface area contributed by atoms with Crippen LogP contribution in [0.4, 0.5) is 0 Å². The van der Waals surface area contributed by atoms with E-state index in [1.807, 2.05) is 18.2 Å². The fourth-order valence-electron chi connectivity index (χ4n) is 1.88. The van der Waals surface area contributed by atoms with Crippen molar-refractivity contribution in [3.05, 3.63) is 56.9 Å². The van der Waals surface area contributed by atoms with Crippen LogP contribution in [0.3, 0.4) is 0 Å². The van der Waals surface area contributed by atoms with Gasteiger partial charge in [0.15, 0.2) is 5.22 Å². The van der Waals surface area contributed by atoms with Gasteiger partial charge in [0.1, 0.15) is 5.76 Å². The molecule has 2 nitrogen and oxygen atoms in total. The fraction of sp³-hybridized carbons (Fsp3) is 0.286. The lowest BCUT2D eigenvalue weighted by atomic mass is 10.0. The molecule has 2 rings (SSSR count). The van der Waals surface area contributed by atoms with E-state index >= 15 is 0 Å². The van der Waals surface area contributed by atoms with Crippen molar-refractivity contribution in [1.29, 1.82) is 0 Å². The molecule has 0 amide bonds. The summed E-state index contributed by atoms with van der Waals surface area (Å²) in [5, 5.41) is 4.81. The van der Waals surface area contributed by atoms with Crippen LogP contribution in [0, 0.1) is 0 Å². The first-order chi connectivity index (χ1) is 9.13. The summed E-state index contributed by atoms with van der Waals surface area (Å²) in [6.07, 6.45) is 1.00. The van der Waals surface area contributed by atoms with Crippen LogP contribution < -0.4 is 5.32 Å². The molecule has 0 fully saturated rings. The van der Waals surface area contributed by atoms with E-state index in [-0.39, 0.29) is 6.04 Å². The smallest absolute Gasteiger partial charge is 0.193 e. The molecule has 102 valence electrons. The Bertz CT molecular complexity index is 553. The summed E-state index contributed by atoms with van der Waals surface area (Å²) in [7, 11) is 0. The van der Waals surface area contributed by atoms with Gasteiger partial charge in [-0.05, 0) is 48.3 Å². The molecule has 0 aliphatic carbocycles. The van der Waals surface area contributed by atoms with Gasteiger partial charge in [-0.25, -0.2) is 0 Å². The lowest BCUT2D eigenvalue weighted by Gasteiger charge is -2.18. The van der Waals surface area contributed by atoms with Gasteiger partial charge in [-0.1, -0.05) is 42.3 Å². The quantitative estimate of drug-likeness (QED) is 0.806. The van der Waals surface area contributed by atoms with E-state index in [1.165, 1.54) is 0 Å². The molecule has 1 N–H and O–H groups in total. The van der Waals surface area contributed by atoms with Crippen molar-refractivity contribution < 1.29 is 4.42 Å². The first kappa shape index (κ1) is 14.7. The maximum atomic E-state index is 6.28. The van der Waals surface area contributed by atoms with E-state index in [1.54, 1.807) is 12.1 Å². The largest absolute Gasteiger partial charge is 0.448 e. The minimum absolute atomic E-state index is 0.154. The number of furan rings is 1. The Morgan fingerprint density at radius 2 is 1.95 bits per heavy atom. The molecule has 1 unspecified atom stereocenters. The van der Waals surface area contributed by atoms with E-state index in [0.717, 1.165) is 24.3 Å². The van der Waals surface area contributed by atoms with Gasteiger partial charge in [0.25, 0.3) is 0 Å². The van der Waals surface area contributed by atoms with E-state index in [0.29, 0.717) is 15.3 Å². The molecule has 0 spiro atoms. The predicted molar refractivity (Wildman–Crippen MR) is 80.3 cm³/mol. The predicted octanol–water partition coefficient (Wildman–Crippen LogP) is 5.33. The van der Waals surface area contributed by atoms with Gasteiger partial charge >= 0.3 is 0 Å². The van der Waals surface area contributed by atoms with Crippen LogP contribution in [0.25, 0.3) is 0 Å². The summed E-state index contributed by atoms with van der Waals surface area (Å²) in [5.41, 5.74) is 0.883. The minimum Gasteiger partial charge on any atom is -0.448 e. The maximum Gasteiger partial charge on any atom is 0.193 e. The Kier molecular flexibility index (Phi) is 5.17. The Morgan fingerprint density at radius 3 is 2.58 bits per heavy atom. The van der Waals surface area contributed by atoms with Gasteiger partial charge in [0, 0.05) is 0 Å². The second-order valence-electron chi connectivity index (χ2n) is 4.17. The molecule has 0 saturated heterocycles. The average molecular weight is 319 g/mol. The van der Waals surface area contributed by atoms with Crippen LogP contribution in [0.5, 0.6) is 0 Å². The molecule has 1 aromatic carbocycles. The third-order valence-electron chi connectivity index (χ3n) is 2.77. The number of rotatable bonds is 5. The number of halogens is 3. The van der Waals surface area contributed by atoms with E-state index in [9.17, 15) is 0 Å². The van der Waals surface area contributed by atoms with Crippen molar-refractivity contribution in [3.8, 4) is 0 Å². The lowest BCUT2D eigenvalue weighted by molar-refractivity contribution is 0.448. The zero-order chi connectivity index (χ0) is 13.8. The van der Waals surface area contributed by atoms with Gasteiger partial charge in [0.05, 0.1) is 16.1 Å². The van der Waals surface area contributed by atoms with Gasteiger partial charge in [-0.15, -0.1) is 0 Å². The monoisotopic (exact) mass is 317 g/mol. The minimum atomic E-state index is -0.154. The van der Waals surface area contributed by atoms with Crippen molar-refractivity contribution in [2.45, 2.75) is 19.4 Å². The van der Waals surface area contributed by atoms with E-state index < -0.39 is 0 Å².